The molecule has 0 saturated carbocycles. The van der Waals surface area contributed by atoms with Crippen LogP contribution in [0.3, 0.4) is 0 Å². The van der Waals surface area contributed by atoms with Gasteiger partial charge in [-0.2, -0.15) is 9.40 Å². The van der Waals surface area contributed by atoms with E-state index in [2.05, 4.69) is 58.5 Å². The molecule has 1 saturated heterocycles. The quantitative estimate of drug-likeness (QED) is 0.649. The van der Waals surface area contributed by atoms with Crippen LogP contribution in [-0.4, -0.2) is 53.6 Å². The Morgan fingerprint density at radius 3 is 1.83 bits per heavy atom. The second kappa shape index (κ2) is 8.10. The first-order valence-corrected chi connectivity index (χ1v) is 11.2. The number of aryl methyl sites for hydroxylation is 2. The van der Waals surface area contributed by atoms with Gasteiger partial charge in [-0.3, -0.25) is 9.58 Å². The summed E-state index contributed by atoms with van der Waals surface area (Å²) in [6.07, 6.45) is 1.59. The summed E-state index contributed by atoms with van der Waals surface area (Å²) >= 11 is 0. The third-order valence-corrected chi connectivity index (χ3v) is 7.46. The average molecular weight is 411 g/mol. The lowest BCUT2D eigenvalue weighted by molar-refractivity contribution is 0.156. The van der Waals surface area contributed by atoms with Crippen LogP contribution in [0, 0.1) is 6.92 Å². The SMILES string of the molecule is Cc1nn(C)cc1S(=O)(=O)N1CCN(C(c2ccccc2)c2ccccc2)CC1. The summed E-state index contributed by atoms with van der Waals surface area (Å²) in [4.78, 5) is 2.67. The van der Waals surface area contributed by atoms with Crippen molar-refractivity contribution in [2.45, 2.75) is 17.9 Å². The Labute approximate surface area is 172 Å². The van der Waals surface area contributed by atoms with Crippen molar-refractivity contribution in [2.75, 3.05) is 26.2 Å². The predicted octanol–water partition coefficient (Wildman–Crippen LogP) is 2.82. The first-order valence-electron chi connectivity index (χ1n) is 9.81. The van der Waals surface area contributed by atoms with E-state index in [1.807, 2.05) is 12.1 Å². The molecule has 6 nitrogen and oxygen atoms in total. The van der Waals surface area contributed by atoms with Crippen LogP contribution in [0.2, 0.25) is 0 Å². The van der Waals surface area contributed by atoms with Crippen molar-refractivity contribution >= 4 is 10.0 Å². The largest absolute Gasteiger partial charge is 0.290 e. The molecule has 7 heteroatoms. The maximum atomic E-state index is 13.1. The third kappa shape index (κ3) is 3.99. The number of sulfonamides is 1. The van der Waals surface area contributed by atoms with Gasteiger partial charge in [0.15, 0.2) is 0 Å². The molecule has 29 heavy (non-hydrogen) atoms. The van der Waals surface area contributed by atoms with Gasteiger partial charge in [0, 0.05) is 39.4 Å². The fraction of sp³-hybridized carbons (Fsp3) is 0.318. The van der Waals surface area contributed by atoms with Crippen molar-refractivity contribution in [3.05, 3.63) is 83.7 Å². The molecule has 0 amide bonds. The van der Waals surface area contributed by atoms with E-state index in [1.165, 1.54) is 11.1 Å². The number of benzene rings is 2. The van der Waals surface area contributed by atoms with Crippen LogP contribution in [0.25, 0.3) is 0 Å². The van der Waals surface area contributed by atoms with Gasteiger partial charge >= 0.3 is 0 Å². The number of nitrogens with zero attached hydrogens (tertiary/aromatic N) is 4. The molecular formula is C22H26N4O2S. The van der Waals surface area contributed by atoms with Crippen molar-refractivity contribution in [3.8, 4) is 0 Å². The fourth-order valence-electron chi connectivity index (χ4n) is 4.06. The Morgan fingerprint density at radius 2 is 1.38 bits per heavy atom. The third-order valence-electron chi connectivity index (χ3n) is 5.46. The Morgan fingerprint density at radius 1 is 0.862 bits per heavy atom. The summed E-state index contributed by atoms with van der Waals surface area (Å²) in [6.45, 7) is 4.02. The molecular weight excluding hydrogens is 384 g/mol. The molecule has 4 rings (SSSR count). The van der Waals surface area contributed by atoms with Gasteiger partial charge in [0.2, 0.25) is 10.0 Å². The summed E-state index contributed by atoms with van der Waals surface area (Å²) < 4.78 is 29.3. The lowest BCUT2D eigenvalue weighted by atomic mass is 9.96. The van der Waals surface area contributed by atoms with Gasteiger partial charge in [-0.15, -0.1) is 0 Å². The summed E-state index contributed by atoms with van der Waals surface area (Å²) in [5.74, 6) is 0. The predicted molar refractivity (Wildman–Crippen MR) is 113 cm³/mol. The second-order valence-electron chi connectivity index (χ2n) is 7.42. The molecule has 0 aliphatic carbocycles. The fourth-order valence-corrected chi connectivity index (χ4v) is 5.68. The van der Waals surface area contributed by atoms with E-state index in [0.717, 1.165) is 0 Å². The minimum Gasteiger partial charge on any atom is -0.290 e. The van der Waals surface area contributed by atoms with Crippen molar-refractivity contribution in [2.24, 2.45) is 7.05 Å². The first kappa shape index (κ1) is 19.8. The summed E-state index contributed by atoms with van der Waals surface area (Å²) in [5, 5.41) is 4.20. The minimum atomic E-state index is -3.53. The zero-order valence-corrected chi connectivity index (χ0v) is 17.6. The van der Waals surface area contributed by atoms with E-state index in [-0.39, 0.29) is 6.04 Å². The van der Waals surface area contributed by atoms with Crippen LogP contribution in [-0.2, 0) is 17.1 Å². The summed E-state index contributed by atoms with van der Waals surface area (Å²) in [5.41, 5.74) is 2.98. The highest BCUT2D eigenvalue weighted by molar-refractivity contribution is 7.89. The summed E-state index contributed by atoms with van der Waals surface area (Å²) in [7, 11) is -1.78. The van der Waals surface area contributed by atoms with Gasteiger partial charge in [0.05, 0.1) is 11.7 Å². The normalized spacial score (nSPS) is 16.4. The lowest BCUT2D eigenvalue weighted by Crippen LogP contribution is -2.49. The van der Waals surface area contributed by atoms with Crippen LogP contribution in [0.15, 0.2) is 71.8 Å². The van der Waals surface area contributed by atoms with E-state index in [0.29, 0.717) is 36.8 Å². The number of rotatable bonds is 5. The minimum absolute atomic E-state index is 0.113. The topological polar surface area (TPSA) is 58.4 Å². The van der Waals surface area contributed by atoms with Gasteiger partial charge < -0.3 is 0 Å². The lowest BCUT2D eigenvalue weighted by Gasteiger charge is -2.39. The molecule has 3 aromatic rings. The van der Waals surface area contributed by atoms with Gasteiger partial charge in [-0.1, -0.05) is 60.7 Å². The monoisotopic (exact) mass is 410 g/mol. The maximum Gasteiger partial charge on any atom is 0.246 e. The molecule has 2 aromatic carbocycles. The van der Waals surface area contributed by atoms with Crippen molar-refractivity contribution in [1.29, 1.82) is 0 Å². The first-order chi connectivity index (χ1) is 14.0. The summed E-state index contributed by atoms with van der Waals surface area (Å²) in [6, 6.07) is 20.9. The highest BCUT2D eigenvalue weighted by Gasteiger charge is 2.33. The molecule has 0 N–H and O–H groups in total. The molecule has 1 fully saturated rings. The molecule has 0 unspecified atom stereocenters. The number of hydrogen-bond acceptors (Lipinski definition) is 4. The van der Waals surface area contributed by atoms with Crippen LogP contribution in [0.1, 0.15) is 22.9 Å². The number of hydrogen-bond donors (Lipinski definition) is 0. The smallest absolute Gasteiger partial charge is 0.246 e. The van der Waals surface area contributed by atoms with E-state index < -0.39 is 10.0 Å². The highest BCUT2D eigenvalue weighted by Crippen LogP contribution is 2.30. The Bertz CT molecular complexity index is 1020. The van der Waals surface area contributed by atoms with Crippen LogP contribution >= 0.6 is 0 Å². The molecule has 2 heterocycles. The molecule has 1 aromatic heterocycles. The van der Waals surface area contributed by atoms with Crippen LogP contribution in [0.4, 0.5) is 0 Å². The van der Waals surface area contributed by atoms with E-state index in [1.54, 1.807) is 29.2 Å². The Balaban J connectivity index is 1.56. The molecule has 1 aliphatic heterocycles. The number of aromatic nitrogens is 2. The molecule has 0 atom stereocenters. The van der Waals surface area contributed by atoms with Gasteiger partial charge in [-0.05, 0) is 18.1 Å². The highest BCUT2D eigenvalue weighted by atomic mass is 32.2. The van der Waals surface area contributed by atoms with Crippen LogP contribution < -0.4 is 0 Å². The Hall–Kier alpha value is -2.48. The molecule has 152 valence electrons. The number of piperazine rings is 1. The molecule has 0 radical (unpaired) electrons. The van der Waals surface area contributed by atoms with Crippen molar-refractivity contribution < 1.29 is 8.42 Å². The maximum absolute atomic E-state index is 13.1. The van der Waals surface area contributed by atoms with E-state index in [4.69, 9.17) is 0 Å². The second-order valence-corrected chi connectivity index (χ2v) is 9.32. The van der Waals surface area contributed by atoms with Crippen LogP contribution in [0.5, 0.6) is 0 Å². The van der Waals surface area contributed by atoms with E-state index >= 15 is 0 Å². The molecule has 0 bridgehead atoms. The zero-order valence-electron chi connectivity index (χ0n) is 16.8. The standard InChI is InChI=1S/C22H26N4O2S/c1-18-21(17-24(2)23-18)29(27,28)26-15-13-25(14-16-26)22(19-9-5-3-6-10-19)20-11-7-4-8-12-20/h3-12,17,22H,13-16H2,1-2H3. The van der Waals surface area contributed by atoms with Crippen molar-refractivity contribution in [3.63, 3.8) is 0 Å². The van der Waals surface area contributed by atoms with Crippen molar-refractivity contribution in [1.82, 2.24) is 19.0 Å². The molecule has 0 spiro atoms. The van der Waals surface area contributed by atoms with E-state index in [9.17, 15) is 8.42 Å². The van der Waals surface area contributed by atoms with Gasteiger partial charge in [0.25, 0.3) is 0 Å². The zero-order chi connectivity index (χ0) is 20.4. The average Bonchev–Trinajstić information content (AvgIpc) is 3.09. The molecule has 1 aliphatic rings. The Kier molecular flexibility index (Phi) is 5.54. The van der Waals surface area contributed by atoms with Gasteiger partial charge in [0.1, 0.15) is 4.90 Å². The van der Waals surface area contributed by atoms with Gasteiger partial charge in [-0.25, -0.2) is 8.42 Å².